The SMILES string of the molecule is COc1cc(F)c(Br)cc1C(Br)c1coc(C)c1. The highest BCUT2D eigenvalue weighted by Crippen LogP contribution is 2.39. The molecule has 5 heteroatoms. The molecule has 96 valence electrons. The molecule has 1 aromatic heterocycles. The van der Waals surface area contributed by atoms with E-state index in [0.29, 0.717) is 10.2 Å². The molecule has 1 aromatic carbocycles. The molecule has 0 spiro atoms. The lowest BCUT2D eigenvalue weighted by Gasteiger charge is -2.14. The lowest BCUT2D eigenvalue weighted by molar-refractivity contribution is 0.406. The number of benzene rings is 1. The quantitative estimate of drug-likeness (QED) is 0.703. The fraction of sp³-hybridized carbons (Fsp3) is 0.231. The van der Waals surface area contributed by atoms with Crippen molar-refractivity contribution in [1.82, 2.24) is 0 Å². The second-order valence-electron chi connectivity index (χ2n) is 3.86. The van der Waals surface area contributed by atoms with Gasteiger partial charge in [0.05, 0.1) is 22.7 Å². The Morgan fingerprint density at radius 3 is 2.61 bits per heavy atom. The molecule has 0 saturated heterocycles. The number of alkyl halides is 1. The molecular weight excluding hydrogens is 367 g/mol. The van der Waals surface area contributed by atoms with Crippen molar-refractivity contribution in [3.8, 4) is 5.75 Å². The van der Waals surface area contributed by atoms with Gasteiger partial charge >= 0.3 is 0 Å². The molecule has 0 fully saturated rings. The average Bonchev–Trinajstić information content (AvgIpc) is 2.78. The minimum atomic E-state index is -0.348. The number of halogens is 3. The van der Waals surface area contributed by atoms with E-state index in [4.69, 9.17) is 9.15 Å². The molecule has 0 N–H and O–H groups in total. The first-order valence-electron chi connectivity index (χ1n) is 5.25. The molecule has 0 aliphatic heterocycles. The van der Waals surface area contributed by atoms with Crippen LogP contribution in [0.15, 0.2) is 33.4 Å². The first-order chi connectivity index (χ1) is 8.52. The van der Waals surface area contributed by atoms with Gasteiger partial charge in [0.15, 0.2) is 0 Å². The van der Waals surface area contributed by atoms with Crippen molar-refractivity contribution in [3.63, 3.8) is 0 Å². The van der Waals surface area contributed by atoms with Crippen LogP contribution in [0, 0.1) is 12.7 Å². The Labute approximate surface area is 121 Å². The summed E-state index contributed by atoms with van der Waals surface area (Å²) in [7, 11) is 1.52. The van der Waals surface area contributed by atoms with Crippen LogP contribution in [0.1, 0.15) is 21.7 Å². The summed E-state index contributed by atoms with van der Waals surface area (Å²) in [5, 5.41) is 0. The first kappa shape index (κ1) is 13.6. The van der Waals surface area contributed by atoms with Crippen molar-refractivity contribution < 1.29 is 13.5 Å². The molecule has 2 rings (SSSR count). The van der Waals surface area contributed by atoms with Crippen molar-refractivity contribution >= 4 is 31.9 Å². The maximum absolute atomic E-state index is 13.5. The van der Waals surface area contributed by atoms with Gasteiger partial charge < -0.3 is 9.15 Å². The highest BCUT2D eigenvalue weighted by atomic mass is 79.9. The Morgan fingerprint density at radius 1 is 1.33 bits per heavy atom. The van der Waals surface area contributed by atoms with E-state index >= 15 is 0 Å². The number of ether oxygens (including phenoxy) is 1. The summed E-state index contributed by atoms with van der Waals surface area (Å²) in [5.74, 6) is 0.977. The Kier molecular flexibility index (Phi) is 4.12. The number of methoxy groups -OCH3 is 1. The smallest absolute Gasteiger partial charge is 0.141 e. The molecule has 1 atom stereocenters. The molecule has 18 heavy (non-hydrogen) atoms. The average molecular weight is 378 g/mol. The zero-order valence-electron chi connectivity index (χ0n) is 9.84. The van der Waals surface area contributed by atoms with Gasteiger partial charge in [-0.2, -0.15) is 0 Å². The highest BCUT2D eigenvalue weighted by molar-refractivity contribution is 9.10. The van der Waals surface area contributed by atoms with Gasteiger partial charge in [-0.25, -0.2) is 4.39 Å². The van der Waals surface area contributed by atoms with Crippen molar-refractivity contribution in [3.05, 3.63) is 51.6 Å². The van der Waals surface area contributed by atoms with Crippen LogP contribution in [0.5, 0.6) is 5.75 Å². The van der Waals surface area contributed by atoms with E-state index in [0.717, 1.165) is 16.9 Å². The van der Waals surface area contributed by atoms with E-state index in [1.54, 1.807) is 12.3 Å². The predicted molar refractivity (Wildman–Crippen MR) is 74.9 cm³/mol. The van der Waals surface area contributed by atoms with Gasteiger partial charge in [0, 0.05) is 17.2 Å². The second-order valence-corrected chi connectivity index (χ2v) is 5.63. The molecule has 1 unspecified atom stereocenters. The molecule has 0 aliphatic rings. The third kappa shape index (κ3) is 2.62. The molecule has 0 aliphatic carbocycles. The second kappa shape index (κ2) is 5.45. The summed E-state index contributed by atoms with van der Waals surface area (Å²) in [6.07, 6.45) is 1.67. The fourth-order valence-corrected chi connectivity index (χ4v) is 2.65. The first-order valence-corrected chi connectivity index (χ1v) is 6.96. The Morgan fingerprint density at radius 2 is 2.06 bits per heavy atom. The largest absolute Gasteiger partial charge is 0.496 e. The molecule has 2 aromatic rings. The van der Waals surface area contributed by atoms with Crippen LogP contribution >= 0.6 is 31.9 Å². The van der Waals surface area contributed by atoms with E-state index in [1.165, 1.54) is 13.2 Å². The molecule has 0 radical (unpaired) electrons. The van der Waals surface area contributed by atoms with Crippen LogP contribution in [-0.2, 0) is 0 Å². The zero-order chi connectivity index (χ0) is 13.3. The van der Waals surface area contributed by atoms with E-state index in [2.05, 4.69) is 31.9 Å². The molecular formula is C13H11Br2FO2. The van der Waals surface area contributed by atoms with E-state index < -0.39 is 0 Å². The van der Waals surface area contributed by atoms with Crippen LogP contribution in [0.2, 0.25) is 0 Å². The van der Waals surface area contributed by atoms with Gasteiger partial charge in [-0.1, -0.05) is 15.9 Å². The number of hydrogen-bond acceptors (Lipinski definition) is 2. The van der Waals surface area contributed by atoms with E-state index in [-0.39, 0.29) is 10.6 Å². The normalized spacial score (nSPS) is 12.5. The number of rotatable bonds is 3. The summed E-state index contributed by atoms with van der Waals surface area (Å²) >= 11 is 6.76. The third-order valence-electron chi connectivity index (χ3n) is 2.59. The lowest BCUT2D eigenvalue weighted by Crippen LogP contribution is -1.97. The predicted octanol–water partition coefficient (Wildman–Crippen LogP) is 4.98. The molecule has 0 bridgehead atoms. The minimum absolute atomic E-state index is 0.109. The number of hydrogen-bond donors (Lipinski definition) is 0. The third-order valence-corrected chi connectivity index (χ3v) is 4.22. The molecule has 2 nitrogen and oxygen atoms in total. The molecule has 0 amide bonds. The molecule has 0 saturated carbocycles. The standard InChI is InChI=1S/C13H11Br2FO2/c1-7-3-8(6-18-7)13(15)9-4-10(14)11(16)5-12(9)17-2/h3-6,13H,1-2H3. The van der Waals surface area contributed by atoms with E-state index in [9.17, 15) is 4.39 Å². The highest BCUT2D eigenvalue weighted by Gasteiger charge is 2.19. The lowest BCUT2D eigenvalue weighted by atomic mass is 10.1. The maximum Gasteiger partial charge on any atom is 0.141 e. The number of aryl methyl sites for hydroxylation is 1. The Hall–Kier alpha value is -0.810. The van der Waals surface area contributed by atoms with Gasteiger partial charge in [0.1, 0.15) is 17.3 Å². The summed E-state index contributed by atoms with van der Waals surface area (Å²) in [6, 6.07) is 4.99. The fourth-order valence-electron chi connectivity index (χ4n) is 1.70. The monoisotopic (exact) mass is 376 g/mol. The topological polar surface area (TPSA) is 22.4 Å². The van der Waals surface area contributed by atoms with Crippen molar-refractivity contribution in [2.45, 2.75) is 11.8 Å². The summed E-state index contributed by atoms with van der Waals surface area (Å²) < 4.78 is 24.3. The van der Waals surface area contributed by atoms with Gasteiger partial charge in [-0.05, 0) is 35.0 Å². The van der Waals surface area contributed by atoms with Crippen molar-refractivity contribution in [2.24, 2.45) is 0 Å². The summed E-state index contributed by atoms with van der Waals surface area (Å²) in [4.78, 5) is -0.109. The van der Waals surface area contributed by atoms with Gasteiger partial charge in [0.25, 0.3) is 0 Å². The van der Waals surface area contributed by atoms with Crippen LogP contribution in [-0.4, -0.2) is 7.11 Å². The van der Waals surface area contributed by atoms with Gasteiger partial charge in [-0.3, -0.25) is 0 Å². The minimum Gasteiger partial charge on any atom is -0.496 e. The Bertz CT molecular complexity index is 566. The summed E-state index contributed by atoms with van der Waals surface area (Å²) in [5.41, 5.74) is 1.80. The van der Waals surface area contributed by atoms with Crippen LogP contribution in [0.25, 0.3) is 0 Å². The maximum atomic E-state index is 13.5. The van der Waals surface area contributed by atoms with E-state index in [1.807, 2.05) is 13.0 Å². The van der Waals surface area contributed by atoms with Gasteiger partial charge in [0.2, 0.25) is 0 Å². The van der Waals surface area contributed by atoms with Crippen LogP contribution in [0.3, 0.4) is 0 Å². The summed E-state index contributed by atoms with van der Waals surface area (Å²) in [6.45, 7) is 1.88. The Balaban J connectivity index is 2.46. The van der Waals surface area contributed by atoms with Crippen LogP contribution in [0.4, 0.5) is 4.39 Å². The number of furan rings is 1. The zero-order valence-corrected chi connectivity index (χ0v) is 13.0. The van der Waals surface area contributed by atoms with Crippen molar-refractivity contribution in [1.29, 1.82) is 0 Å². The van der Waals surface area contributed by atoms with Gasteiger partial charge in [-0.15, -0.1) is 0 Å². The van der Waals surface area contributed by atoms with Crippen molar-refractivity contribution in [2.75, 3.05) is 7.11 Å². The molecule has 1 heterocycles. The van der Waals surface area contributed by atoms with Crippen LogP contribution < -0.4 is 4.74 Å².